The van der Waals surface area contributed by atoms with Crippen LogP contribution in [0.5, 0.6) is 5.75 Å². The van der Waals surface area contributed by atoms with Crippen LogP contribution in [0, 0.1) is 0 Å². The zero-order chi connectivity index (χ0) is 13.7. The van der Waals surface area contributed by atoms with Crippen LogP contribution in [0.2, 0.25) is 0 Å². The van der Waals surface area contributed by atoms with E-state index in [1.165, 1.54) is 0 Å². The van der Waals surface area contributed by atoms with E-state index in [0.717, 1.165) is 38.0 Å². The predicted octanol–water partition coefficient (Wildman–Crippen LogP) is 1.54. The van der Waals surface area contributed by atoms with Crippen LogP contribution in [0.25, 0.3) is 0 Å². The predicted molar refractivity (Wildman–Crippen MR) is 75.1 cm³/mol. The molecule has 1 aliphatic heterocycles. The number of hydrogen-bond donors (Lipinski definition) is 2. The molecule has 0 spiro atoms. The highest BCUT2D eigenvalue weighted by Crippen LogP contribution is 2.16. The van der Waals surface area contributed by atoms with Crippen molar-refractivity contribution in [3.63, 3.8) is 0 Å². The van der Waals surface area contributed by atoms with Crippen LogP contribution in [-0.4, -0.2) is 41.6 Å². The number of hydrogen-bond acceptors (Lipinski definition) is 3. The first-order chi connectivity index (χ1) is 9.20. The van der Waals surface area contributed by atoms with Crippen molar-refractivity contribution in [2.24, 2.45) is 0 Å². The van der Waals surface area contributed by atoms with Crippen molar-refractivity contribution < 1.29 is 9.90 Å². The van der Waals surface area contributed by atoms with Crippen LogP contribution in [0.3, 0.4) is 0 Å². The Hall–Kier alpha value is -1.55. The summed E-state index contributed by atoms with van der Waals surface area (Å²) < 4.78 is 0. The number of carbonyl (C=O) groups excluding carboxylic acids is 1. The van der Waals surface area contributed by atoms with E-state index in [0.29, 0.717) is 12.5 Å². The summed E-state index contributed by atoms with van der Waals surface area (Å²) in [4.78, 5) is 14.4. The Morgan fingerprint density at radius 3 is 2.79 bits per heavy atom. The van der Waals surface area contributed by atoms with E-state index in [2.05, 4.69) is 5.32 Å². The molecular weight excluding hydrogens is 240 g/mol. The van der Waals surface area contributed by atoms with E-state index in [9.17, 15) is 9.90 Å². The fourth-order valence-corrected chi connectivity index (χ4v) is 2.70. The summed E-state index contributed by atoms with van der Waals surface area (Å²) in [6, 6.07) is 7.30. The molecule has 1 aromatic rings. The highest BCUT2D eigenvalue weighted by atomic mass is 16.3. The lowest BCUT2D eigenvalue weighted by atomic mass is 10.0. The minimum Gasteiger partial charge on any atom is -0.508 e. The number of nitrogens with one attached hydrogen (secondary N) is 1. The van der Waals surface area contributed by atoms with E-state index in [1.807, 2.05) is 17.9 Å². The largest absolute Gasteiger partial charge is 0.508 e. The lowest BCUT2D eigenvalue weighted by Crippen LogP contribution is -2.46. The number of nitrogens with zero attached hydrogens (tertiary/aromatic N) is 1. The van der Waals surface area contributed by atoms with Crippen LogP contribution in [0.4, 0.5) is 0 Å². The molecule has 2 rings (SSSR count). The van der Waals surface area contributed by atoms with Crippen molar-refractivity contribution in [3.8, 4) is 5.75 Å². The highest BCUT2D eigenvalue weighted by Gasteiger charge is 2.23. The molecule has 1 amide bonds. The summed E-state index contributed by atoms with van der Waals surface area (Å²) >= 11 is 0. The molecule has 1 aromatic carbocycles. The monoisotopic (exact) mass is 262 g/mol. The van der Waals surface area contributed by atoms with Crippen LogP contribution in [0.15, 0.2) is 24.3 Å². The third kappa shape index (κ3) is 3.70. The average molecular weight is 262 g/mol. The smallest absolute Gasteiger partial charge is 0.227 e. The second-order valence-electron chi connectivity index (χ2n) is 5.01. The maximum atomic E-state index is 12.4. The summed E-state index contributed by atoms with van der Waals surface area (Å²) in [5.41, 5.74) is 0.873. The van der Waals surface area contributed by atoms with Crippen LogP contribution in [-0.2, 0) is 11.2 Å². The van der Waals surface area contributed by atoms with E-state index < -0.39 is 0 Å². The van der Waals surface area contributed by atoms with Gasteiger partial charge in [-0.25, -0.2) is 0 Å². The zero-order valence-electron chi connectivity index (χ0n) is 11.4. The van der Waals surface area contributed by atoms with Gasteiger partial charge in [-0.3, -0.25) is 4.79 Å². The van der Waals surface area contributed by atoms with Gasteiger partial charge in [-0.05, 0) is 50.6 Å². The number of amides is 1. The van der Waals surface area contributed by atoms with Crippen LogP contribution >= 0.6 is 0 Å². The molecule has 0 unspecified atom stereocenters. The van der Waals surface area contributed by atoms with Gasteiger partial charge in [-0.1, -0.05) is 12.1 Å². The Labute approximate surface area is 114 Å². The number of phenolic OH excluding ortho intramolecular Hbond substituents is 1. The van der Waals surface area contributed by atoms with Gasteiger partial charge in [0, 0.05) is 12.6 Å². The Morgan fingerprint density at radius 2 is 2.16 bits per heavy atom. The second-order valence-corrected chi connectivity index (χ2v) is 5.01. The first-order valence-corrected chi connectivity index (χ1v) is 6.98. The van der Waals surface area contributed by atoms with Gasteiger partial charge in [-0.15, -0.1) is 0 Å². The number of phenols is 1. The van der Waals surface area contributed by atoms with E-state index >= 15 is 0 Å². The molecule has 4 nitrogen and oxygen atoms in total. The van der Waals surface area contributed by atoms with Gasteiger partial charge in [0.15, 0.2) is 0 Å². The van der Waals surface area contributed by atoms with Crippen molar-refractivity contribution in [3.05, 3.63) is 29.8 Å². The summed E-state index contributed by atoms with van der Waals surface area (Å²) in [6.07, 6.45) is 2.42. The lowest BCUT2D eigenvalue weighted by Gasteiger charge is -2.34. The molecule has 0 saturated carbocycles. The number of likely N-dealkylation sites (N-methyl/N-ethyl adjacent to an activating group) is 1. The normalized spacial score (nSPS) is 16.3. The molecule has 19 heavy (non-hydrogen) atoms. The molecule has 4 heteroatoms. The first kappa shape index (κ1) is 13.9. The maximum absolute atomic E-state index is 12.4. The fraction of sp³-hybridized carbons (Fsp3) is 0.533. The molecule has 0 aliphatic carbocycles. The standard InChI is InChI=1S/C15H22N2O2/c1-2-17(13-6-8-16-9-7-13)15(19)11-12-4-3-5-14(18)10-12/h3-5,10,13,16,18H,2,6-9,11H2,1H3. The first-order valence-electron chi connectivity index (χ1n) is 6.98. The molecule has 1 saturated heterocycles. The van der Waals surface area contributed by atoms with Crippen molar-refractivity contribution in [1.29, 1.82) is 0 Å². The summed E-state index contributed by atoms with van der Waals surface area (Å²) in [5.74, 6) is 0.371. The highest BCUT2D eigenvalue weighted by molar-refractivity contribution is 5.79. The molecule has 1 fully saturated rings. The summed E-state index contributed by atoms with van der Waals surface area (Å²) in [5, 5.41) is 12.8. The van der Waals surface area contributed by atoms with Gasteiger partial charge in [0.2, 0.25) is 5.91 Å². The van der Waals surface area contributed by atoms with Crippen LogP contribution in [0.1, 0.15) is 25.3 Å². The zero-order valence-corrected chi connectivity index (χ0v) is 11.4. The third-order valence-corrected chi connectivity index (χ3v) is 3.68. The molecule has 0 aromatic heterocycles. The summed E-state index contributed by atoms with van der Waals surface area (Å²) in [6.45, 7) is 4.76. The number of piperidine rings is 1. The number of benzene rings is 1. The third-order valence-electron chi connectivity index (χ3n) is 3.68. The van der Waals surface area contributed by atoms with Gasteiger partial charge in [0.25, 0.3) is 0 Å². The SMILES string of the molecule is CCN(C(=O)Cc1cccc(O)c1)C1CCNCC1. The van der Waals surface area contributed by atoms with Crippen molar-refractivity contribution in [2.45, 2.75) is 32.2 Å². The number of aromatic hydroxyl groups is 1. The Morgan fingerprint density at radius 1 is 1.42 bits per heavy atom. The Bertz CT molecular complexity index is 428. The quantitative estimate of drug-likeness (QED) is 0.865. The second kappa shape index (κ2) is 6.57. The van der Waals surface area contributed by atoms with Gasteiger partial charge in [0.1, 0.15) is 5.75 Å². The van der Waals surface area contributed by atoms with Crippen molar-refractivity contribution in [1.82, 2.24) is 10.2 Å². The maximum Gasteiger partial charge on any atom is 0.227 e. The molecule has 1 heterocycles. The van der Waals surface area contributed by atoms with E-state index in [4.69, 9.17) is 0 Å². The average Bonchev–Trinajstić information content (AvgIpc) is 2.41. The fourth-order valence-electron chi connectivity index (χ4n) is 2.70. The van der Waals surface area contributed by atoms with Gasteiger partial charge < -0.3 is 15.3 Å². The van der Waals surface area contributed by atoms with Crippen molar-refractivity contribution >= 4 is 5.91 Å². The molecule has 2 N–H and O–H groups in total. The lowest BCUT2D eigenvalue weighted by molar-refractivity contribution is -0.133. The minimum absolute atomic E-state index is 0.153. The number of rotatable bonds is 4. The molecule has 0 atom stereocenters. The molecule has 0 bridgehead atoms. The van der Waals surface area contributed by atoms with Crippen LogP contribution < -0.4 is 5.32 Å². The van der Waals surface area contributed by atoms with E-state index in [1.54, 1.807) is 18.2 Å². The van der Waals surface area contributed by atoms with Crippen molar-refractivity contribution in [2.75, 3.05) is 19.6 Å². The Kier molecular flexibility index (Phi) is 4.80. The molecule has 104 valence electrons. The molecular formula is C15H22N2O2. The van der Waals surface area contributed by atoms with Gasteiger partial charge >= 0.3 is 0 Å². The number of carbonyl (C=O) groups is 1. The molecule has 1 aliphatic rings. The topological polar surface area (TPSA) is 52.6 Å². The van der Waals surface area contributed by atoms with Gasteiger partial charge in [-0.2, -0.15) is 0 Å². The Balaban J connectivity index is 2.00. The summed E-state index contributed by atoms with van der Waals surface area (Å²) in [7, 11) is 0. The minimum atomic E-state index is 0.153. The van der Waals surface area contributed by atoms with E-state index in [-0.39, 0.29) is 11.7 Å². The molecule has 0 radical (unpaired) electrons. The van der Waals surface area contributed by atoms with Gasteiger partial charge in [0.05, 0.1) is 6.42 Å².